The van der Waals surface area contributed by atoms with Crippen molar-refractivity contribution in [2.24, 2.45) is 0 Å². The van der Waals surface area contributed by atoms with E-state index in [0.717, 1.165) is 34.1 Å². The number of nitrogens with zero attached hydrogens (tertiary/aromatic N) is 2. The molecule has 0 amide bonds. The molecule has 38 heavy (non-hydrogen) atoms. The summed E-state index contributed by atoms with van der Waals surface area (Å²) in [5.41, 5.74) is 9.31. The standard InChI is InChI=1S/C36H30N2/c1-27-15-19-31(20-16-27)37(30-11-4-3-5-12-30)32-23-25-34(26-24-32)38(33-21-17-28(2)18-22-33)36-14-8-10-29-9-6-7-13-35(29)36/h3-26H,1-2H3. The Balaban J connectivity index is 1.47. The van der Waals surface area contributed by atoms with E-state index in [-0.39, 0.29) is 0 Å². The van der Waals surface area contributed by atoms with Gasteiger partial charge in [0.05, 0.1) is 5.69 Å². The molecule has 0 saturated heterocycles. The van der Waals surface area contributed by atoms with Crippen molar-refractivity contribution in [2.75, 3.05) is 9.80 Å². The van der Waals surface area contributed by atoms with Crippen LogP contribution in [0, 0.1) is 13.8 Å². The Bertz CT molecular complexity index is 1650. The molecule has 0 unspecified atom stereocenters. The van der Waals surface area contributed by atoms with E-state index >= 15 is 0 Å². The highest BCUT2D eigenvalue weighted by molar-refractivity contribution is 5.99. The Labute approximate surface area is 225 Å². The highest BCUT2D eigenvalue weighted by Crippen LogP contribution is 2.41. The van der Waals surface area contributed by atoms with E-state index in [0.29, 0.717) is 0 Å². The molecule has 0 aliphatic carbocycles. The lowest BCUT2D eigenvalue weighted by Crippen LogP contribution is -2.12. The van der Waals surface area contributed by atoms with Crippen molar-refractivity contribution in [3.8, 4) is 0 Å². The summed E-state index contributed by atoms with van der Waals surface area (Å²) in [5.74, 6) is 0. The van der Waals surface area contributed by atoms with Crippen molar-refractivity contribution in [2.45, 2.75) is 13.8 Å². The summed E-state index contributed by atoms with van der Waals surface area (Å²) in [4.78, 5) is 4.65. The van der Waals surface area contributed by atoms with Gasteiger partial charge in [0.25, 0.3) is 0 Å². The van der Waals surface area contributed by atoms with E-state index in [2.05, 4.69) is 169 Å². The van der Waals surface area contributed by atoms with E-state index in [9.17, 15) is 0 Å². The molecule has 0 aliphatic rings. The summed E-state index contributed by atoms with van der Waals surface area (Å²) in [6.07, 6.45) is 0. The normalized spacial score (nSPS) is 10.9. The molecule has 0 heterocycles. The molecule has 0 radical (unpaired) electrons. The van der Waals surface area contributed by atoms with Gasteiger partial charge in [-0.05, 0) is 86.0 Å². The molecular formula is C36H30N2. The average molecular weight is 491 g/mol. The zero-order chi connectivity index (χ0) is 25.9. The maximum Gasteiger partial charge on any atom is 0.0540 e. The number of hydrogen-bond acceptors (Lipinski definition) is 2. The fourth-order valence-electron chi connectivity index (χ4n) is 4.99. The van der Waals surface area contributed by atoms with Gasteiger partial charge in [-0.2, -0.15) is 0 Å². The van der Waals surface area contributed by atoms with Crippen molar-refractivity contribution in [3.05, 3.63) is 157 Å². The molecule has 0 atom stereocenters. The molecule has 6 rings (SSSR count). The second-order valence-corrected chi connectivity index (χ2v) is 9.69. The van der Waals surface area contributed by atoms with Crippen LogP contribution < -0.4 is 9.80 Å². The predicted octanol–water partition coefficient (Wildman–Crippen LogP) is 10.4. The van der Waals surface area contributed by atoms with Gasteiger partial charge in [-0.1, -0.05) is 90.0 Å². The number of benzene rings is 6. The zero-order valence-corrected chi connectivity index (χ0v) is 21.8. The molecule has 0 spiro atoms. The molecule has 0 aromatic heterocycles. The number of aryl methyl sites for hydroxylation is 2. The Morgan fingerprint density at radius 1 is 0.342 bits per heavy atom. The van der Waals surface area contributed by atoms with Crippen LogP contribution in [0.25, 0.3) is 10.8 Å². The Hall–Kier alpha value is -4.82. The first-order valence-electron chi connectivity index (χ1n) is 13.0. The predicted molar refractivity (Wildman–Crippen MR) is 163 cm³/mol. The van der Waals surface area contributed by atoms with E-state index < -0.39 is 0 Å². The van der Waals surface area contributed by atoms with Crippen molar-refractivity contribution in [3.63, 3.8) is 0 Å². The molecule has 0 bridgehead atoms. The minimum absolute atomic E-state index is 1.12. The molecular weight excluding hydrogens is 460 g/mol. The minimum atomic E-state index is 1.12. The van der Waals surface area contributed by atoms with Crippen molar-refractivity contribution >= 4 is 44.9 Å². The van der Waals surface area contributed by atoms with Crippen LogP contribution in [0.5, 0.6) is 0 Å². The smallest absolute Gasteiger partial charge is 0.0540 e. The summed E-state index contributed by atoms with van der Waals surface area (Å²) in [7, 11) is 0. The number of anilines is 6. The van der Waals surface area contributed by atoms with Gasteiger partial charge in [-0.3, -0.25) is 0 Å². The topological polar surface area (TPSA) is 6.48 Å². The second-order valence-electron chi connectivity index (χ2n) is 9.69. The zero-order valence-electron chi connectivity index (χ0n) is 21.8. The van der Waals surface area contributed by atoms with Gasteiger partial charge < -0.3 is 9.80 Å². The van der Waals surface area contributed by atoms with Gasteiger partial charge >= 0.3 is 0 Å². The van der Waals surface area contributed by atoms with E-state index in [4.69, 9.17) is 0 Å². The third-order valence-corrected chi connectivity index (χ3v) is 6.97. The monoisotopic (exact) mass is 490 g/mol. The minimum Gasteiger partial charge on any atom is -0.311 e. The van der Waals surface area contributed by atoms with Crippen LogP contribution >= 0.6 is 0 Å². The third-order valence-electron chi connectivity index (χ3n) is 6.97. The lowest BCUT2D eigenvalue weighted by atomic mass is 10.1. The van der Waals surface area contributed by atoms with Gasteiger partial charge in [0, 0.05) is 33.8 Å². The lowest BCUT2D eigenvalue weighted by Gasteiger charge is -2.29. The largest absolute Gasteiger partial charge is 0.311 e. The molecule has 2 heteroatoms. The molecule has 6 aromatic rings. The van der Waals surface area contributed by atoms with Crippen LogP contribution in [0.3, 0.4) is 0 Å². The summed E-state index contributed by atoms with van der Waals surface area (Å²) < 4.78 is 0. The van der Waals surface area contributed by atoms with E-state index in [1.54, 1.807) is 0 Å². The van der Waals surface area contributed by atoms with Crippen molar-refractivity contribution in [1.82, 2.24) is 0 Å². The maximum atomic E-state index is 2.35. The van der Waals surface area contributed by atoms with Crippen LogP contribution in [0.15, 0.2) is 146 Å². The average Bonchev–Trinajstić information content (AvgIpc) is 2.97. The van der Waals surface area contributed by atoms with Crippen LogP contribution in [0.1, 0.15) is 11.1 Å². The number of para-hydroxylation sites is 1. The van der Waals surface area contributed by atoms with E-state index in [1.165, 1.54) is 21.9 Å². The molecule has 184 valence electrons. The Kier molecular flexibility index (Phi) is 6.37. The summed E-state index contributed by atoms with van der Waals surface area (Å²) in [6, 6.07) is 52.0. The maximum absolute atomic E-state index is 2.35. The van der Waals surface area contributed by atoms with Crippen LogP contribution in [-0.4, -0.2) is 0 Å². The molecule has 0 fully saturated rings. The van der Waals surface area contributed by atoms with Crippen molar-refractivity contribution in [1.29, 1.82) is 0 Å². The van der Waals surface area contributed by atoms with Gasteiger partial charge in [0.2, 0.25) is 0 Å². The lowest BCUT2D eigenvalue weighted by molar-refractivity contribution is 1.25. The highest BCUT2D eigenvalue weighted by Gasteiger charge is 2.17. The van der Waals surface area contributed by atoms with Crippen LogP contribution in [-0.2, 0) is 0 Å². The molecule has 6 aromatic carbocycles. The summed E-state index contributed by atoms with van der Waals surface area (Å²) in [6.45, 7) is 4.25. The first-order valence-corrected chi connectivity index (χ1v) is 13.0. The summed E-state index contributed by atoms with van der Waals surface area (Å²) >= 11 is 0. The third kappa shape index (κ3) is 4.65. The fraction of sp³-hybridized carbons (Fsp3) is 0.0556. The molecule has 0 saturated carbocycles. The Morgan fingerprint density at radius 2 is 0.763 bits per heavy atom. The number of fused-ring (bicyclic) bond motifs is 1. The van der Waals surface area contributed by atoms with Gasteiger partial charge in [0.1, 0.15) is 0 Å². The second kappa shape index (κ2) is 10.3. The Morgan fingerprint density at radius 3 is 1.34 bits per heavy atom. The fourth-order valence-corrected chi connectivity index (χ4v) is 4.99. The van der Waals surface area contributed by atoms with Crippen LogP contribution in [0.4, 0.5) is 34.1 Å². The number of hydrogen-bond donors (Lipinski definition) is 0. The highest BCUT2D eigenvalue weighted by atomic mass is 15.2. The molecule has 2 nitrogen and oxygen atoms in total. The SMILES string of the molecule is Cc1ccc(N(c2ccccc2)c2ccc(N(c3ccc(C)cc3)c3cccc4ccccc34)cc2)cc1. The van der Waals surface area contributed by atoms with Crippen LogP contribution in [0.2, 0.25) is 0 Å². The first kappa shape index (κ1) is 23.6. The van der Waals surface area contributed by atoms with Gasteiger partial charge in [0.15, 0.2) is 0 Å². The quantitative estimate of drug-likeness (QED) is 0.229. The van der Waals surface area contributed by atoms with E-state index in [1.807, 2.05) is 0 Å². The number of rotatable bonds is 6. The first-order chi connectivity index (χ1) is 18.7. The summed E-state index contributed by atoms with van der Waals surface area (Å²) in [5, 5.41) is 2.46. The van der Waals surface area contributed by atoms with Gasteiger partial charge in [-0.15, -0.1) is 0 Å². The van der Waals surface area contributed by atoms with Crippen molar-refractivity contribution < 1.29 is 0 Å². The molecule has 0 N–H and O–H groups in total. The van der Waals surface area contributed by atoms with Gasteiger partial charge in [-0.25, -0.2) is 0 Å². The molecule has 0 aliphatic heterocycles.